The van der Waals surface area contributed by atoms with Crippen molar-refractivity contribution in [1.29, 1.82) is 0 Å². The molecule has 11 heavy (non-hydrogen) atoms. The molecule has 1 atom stereocenters. The molecule has 0 bridgehead atoms. The predicted octanol–water partition coefficient (Wildman–Crippen LogP) is -0.519. The molecule has 0 N–H and O–H groups in total. The van der Waals surface area contributed by atoms with Crippen molar-refractivity contribution < 1.29 is 22.1 Å². The van der Waals surface area contributed by atoms with Crippen LogP contribution in [0.5, 0.6) is 0 Å². The SMILES string of the molecule is CCOC(=O)C(C)O[SH](=O)=O. The van der Waals surface area contributed by atoms with Gasteiger partial charge in [0, 0.05) is 0 Å². The van der Waals surface area contributed by atoms with Gasteiger partial charge >= 0.3 is 5.97 Å². The Hall–Kier alpha value is -0.620. The van der Waals surface area contributed by atoms with E-state index in [1.165, 1.54) is 6.92 Å². The van der Waals surface area contributed by atoms with Crippen LogP contribution in [-0.2, 0) is 24.7 Å². The average molecular weight is 182 g/mol. The molecule has 0 aliphatic heterocycles. The van der Waals surface area contributed by atoms with Crippen LogP contribution in [0.3, 0.4) is 0 Å². The van der Waals surface area contributed by atoms with Gasteiger partial charge in [-0.1, -0.05) is 0 Å². The summed E-state index contributed by atoms with van der Waals surface area (Å²) in [5.74, 6) is -0.674. The molecular weight excluding hydrogens is 172 g/mol. The van der Waals surface area contributed by atoms with E-state index >= 15 is 0 Å². The van der Waals surface area contributed by atoms with Gasteiger partial charge in [-0.05, 0) is 13.8 Å². The van der Waals surface area contributed by atoms with Crippen molar-refractivity contribution in [2.75, 3.05) is 6.61 Å². The zero-order chi connectivity index (χ0) is 8.85. The maximum atomic E-state index is 10.7. The second-order valence-corrected chi connectivity index (χ2v) is 2.38. The summed E-state index contributed by atoms with van der Waals surface area (Å²) in [4.78, 5) is 10.7. The molecule has 0 saturated heterocycles. The minimum Gasteiger partial charge on any atom is -0.464 e. The number of carbonyl (C=O) groups excluding carboxylic acids is 1. The van der Waals surface area contributed by atoms with Gasteiger partial charge in [-0.2, -0.15) is 0 Å². The first-order valence-corrected chi connectivity index (χ1v) is 4.15. The van der Waals surface area contributed by atoms with Crippen molar-refractivity contribution in [2.45, 2.75) is 20.0 Å². The van der Waals surface area contributed by atoms with Crippen molar-refractivity contribution in [2.24, 2.45) is 0 Å². The van der Waals surface area contributed by atoms with Crippen LogP contribution in [0.15, 0.2) is 0 Å². The molecule has 0 spiro atoms. The van der Waals surface area contributed by atoms with Crippen LogP contribution >= 0.6 is 0 Å². The first-order chi connectivity index (χ1) is 5.07. The third-order valence-electron chi connectivity index (χ3n) is 0.863. The van der Waals surface area contributed by atoms with Crippen LogP contribution in [0.25, 0.3) is 0 Å². The Morgan fingerprint density at radius 2 is 2.09 bits per heavy atom. The first-order valence-electron chi connectivity index (χ1n) is 3.05. The van der Waals surface area contributed by atoms with E-state index in [0.29, 0.717) is 0 Å². The van der Waals surface area contributed by atoms with E-state index in [0.717, 1.165) is 0 Å². The maximum absolute atomic E-state index is 10.7. The van der Waals surface area contributed by atoms with Crippen LogP contribution in [0.4, 0.5) is 0 Å². The van der Waals surface area contributed by atoms with E-state index < -0.39 is 23.1 Å². The fourth-order valence-electron chi connectivity index (χ4n) is 0.432. The van der Waals surface area contributed by atoms with E-state index in [4.69, 9.17) is 0 Å². The van der Waals surface area contributed by atoms with Crippen molar-refractivity contribution in [3.63, 3.8) is 0 Å². The summed E-state index contributed by atoms with van der Waals surface area (Å²) < 4.78 is 28.5. The number of rotatable bonds is 4. The topological polar surface area (TPSA) is 69.7 Å². The predicted molar refractivity (Wildman–Crippen MR) is 37.5 cm³/mol. The van der Waals surface area contributed by atoms with E-state index in [1.54, 1.807) is 6.92 Å². The van der Waals surface area contributed by atoms with Gasteiger partial charge in [0.15, 0.2) is 6.10 Å². The molecule has 0 aromatic carbocycles. The molecule has 0 aromatic rings. The molecule has 1 unspecified atom stereocenters. The molecular formula is C5H10O5S. The summed E-state index contributed by atoms with van der Waals surface area (Å²) in [5.41, 5.74) is 0. The fraction of sp³-hybridized carbons (Fsp3) is 0.800. The van der Waals surface area contributed by atoms with Crippen molar-refractivity contribution >= 4 is 17.0 Å². The van der Waals surface area contributed by atoms with Crippen LogP contribution in [0.2, 0.25) is 0 Å². The summed E-state index contributed by atoms with van der Waals surface area (Å²) in [5, 5.41) is 0. The molecule has 0 heterocycles. The molecule has 5 nitrogen and oxygen atoms in total. The van der Waals surface area contributed by atoms with E-state index in [9.17, 15) is 13.2 Å². The normalized spacial score (nSPS) is 13.0. The molecule has 6 heteroatoms. The molecule has 0 radical (unpaired) electrons. The van der Waals surface area contributed by atoms with Gasteiger partial charge in [-0.25, -0.2) is 13.2 Å². The number of carbonyl (C=O) groups is 1. The highest BCUT2D eigenvalue weighted by molar-refractivity contribution is 7.67. The van der Waals surface area contributed by atoms with Crippen molar-refractivity contribution in [3.05, 3.63) is 0 Å². The van der Waals surface area contributed by atoms with Crippen LogP contribution < -0.4 is 0 Å². The Labute approximate surface area is 66.5 Å². The maximum Gasteiger partial charge on any atom is 0.336 e. The number of thiol groups is 1. The lowest BCUT2D eigenvalue weighted by molar-refractivity contribution is -0.150. The molecule has 0 aliphatic carbocycles. The summed E-state index contributed by atoms with van der Waals surface area (Å²) in [7, 11) is -2.98. The second kappa shape index (κ2) is 5.09. The minimum atomic E-state index is -2.98. The lowest BCUT2D eigenvalue weighted by Crippen LogP contribution is -2.22. The van der Waals surface area contributed by atoms with Crippen molar-refractivity contribution in [3.8, 4) is 0 Å². The average Bonchev–Trinajstić information content (AvgIpc) is 1.86. The first kappa shape index (κ1) is 10.4. The number of hydrogen-bond donors (Lipinski definition) is 1. The second-order valence-electron chi connectivity index (χ2n) is 1.72. The third kappa shape index (κ3) is 4.74. The standard InChI is InChI=1S/C5H10O5S/c1-3-9-5(6)4(2)10-11(7)8/h4,11H,3H2,1-2H3. The van der Waals surface area contributed by atoms with Crippen LogP contribution in [0, 0.1) is 0 Å². The summed E-state index contributed by atoms with van der Waals surface area (Å²) in [6.45, 7) is 3.15. The van der Waals surface area contributed by atoms with Gasteiger partial charge in [0.05, 0.1) is 6.61 Å². The zero-order valence-corrected chi connectivity index (χ0v) is 7.17. The quantitative estimate of drug-likeness (QED) is 0.468. The Kier molecular flexibility index (Phi) is 4.80. The number of ether oxygens (including phenoxy) is 1. The number of hydrogen-bond acceptors (Lipinski definition) is 5. The van der Waals surface area contributed by atoms with Gasteiger partial charge in [-0.15, -0.1) is 0 Å². The lowest BCUT2D eigenvalue weighted by atomic mass is 10.4. The fourth-order valence-corrected chi connectivity index (χ4v) is 0.776. The Bertz CT molecular complexity index is 189. The summed E-state index contributed by atoms with van der Waals surface area (Å²) in [6, 6.07) is 0. The van der Waals surface area contributed by atoms with Crippen LogP contribution in [0.1, 0.15) is 13.8 Å². The third-order valence-corrected chi connectivity index (χ3v) is 1.35. The van der Waals surface area contributed by atoms with E-state index in [2.05, 4.69) is 8.92 Å². The minimum absolute atomic E-state index is 0.210. The molecule has 0 aromatic heterocycles. The molecule has 0 amide bonds. The summed E-state index contributed by atoms with van der Waals surface area (Å²) in [6.07, 6.45) is -1.05. The molecule has 0 rings (SSSR count). The Balaban J connectivity index is 3.82. The van der Waals surface area contributed by atoms with Gasteiger partial charge in [0.1, 0.15) is 0 Å². The zero-order valence-electron chi connectivity index (χ0n) is 6.27. The largest absolute Gasteiger partial charge is 0.464 e. The summed E-state index contributed by atoms with van der Waals surface area (Å²) >= 11 is 0. The smallest absolute Gasteiger partial charge is 0.336 e. The Morgan fingerprint density at radius 3 is 2.45 bits per heavy atom. The molecule has 0 fully saturated rings. The van der Waals surface area contributed by atoms with Gasteiger partial charge in [0.2, 0.25) is 0 Å². The lowest BCUT2D eigenvalue weighted by Gasteiger charge is -2.05. The molecule has 0 saturated carbocycles. The van der Waals surface area contributed by atoms with Gasteiger partial charge in [0.25, 0.3) is 11.0 Å². The van der Waals surface area contributed by atoms with E-state index in [-0.39, 0.29) is 6.61 Å². The highest BCUT2D eigenvalue weighted by Gasteiger charge is 2.14. The van der Waals surface area contributed by atoms with Crippen LogP contribution in [-0.4, -0.2) is 27.1 Å². The highest BCUT2D eigenvalue weighted by atomic mass is 32.2. The highest BCUT2D eigenvalue weighted by Crippen LogP contribution is 1.93. The van der Waals surface area contributed by atoms with E-state index in [1.807, 2.05) is 0 Å². The monoisotopic (exact) mass is 182 g/mol. The Morgan fingerprint density at radius 1 is 1.55 bits per heavy atom. The molecule has 66 valence electrons. The number of esters is 1. The van der Waals surface area contributed by atoms with Gasteiger partial charge in [-0.3, -0.25) is 4.18 Å². The molecule has 0 aliphatic rings. The van der Waals surface area contributed by atoms with Gasteiger partial charge < -0.3 is 4.74 Å². The van der Waals surface area contributed by atoms with Crippen molar-refractivity contribution in [1.82, 2.24) is 0 Å².